The summed E-state index contributed by atoms with van der Waals surface area (Å²) < 4.78 is 10.1. The molecule has 0 bridgehead atoms. The highest BCUT2D eigenvalue weighted by atomic mass is 16.5. The molecule has 0 aliphatic heterocycles. The van der Waals surface area contributed by atoms with Crippen LogP contribution in [0.4, 0.5) is 0 Å². The minimum Gasteiger partial charge on any atom is -0.389 e. The maximum atomic E-state index is 9.70. The molecular weight excluding hydrogens is 182 g/mol. The lowest BCUT2D eigenvalue weighted by atomic mass is 10.0. The van der Waals surface area contributed by atoms with Crippen molar-refractivity contribution in [2.75, 3.05) is 33.9 Å². The molecule has 14 heavy (non-hydrogen) atoms. The molecule has 2 atom stereocenters. The largest absolute Gasteiger partial charge is 0.389 e. The van der Waals surface area contributed by atoms with Gasteiger partial charge in [0.05, 0.1) is 18.3 Å². The molecule has 0 aromatic heterocycles. The van der Waals surface area contributed by atoms with Crippen molar-refractivity contribution < 1.29 is 14.6 Å². The summed E-state index contributed by atoms with van der Waals surface area (Å²) in [6, 6.07) is 0. The summed E-state index contributed by atoms with van der Waals surface area (Å²) in [5.74, 6) is 0. The van der Waals surface area contributed by atoms with Crippen molar-refractivity contribution >= 4 is 0 Å². The van der Waals surface area contributed by atoms with Gasteiger partial charge in [-0.2, -0.15) is 0 Å². The molecule has 0 amide bonds. The van der Waals surface area contributed by atoms with Gasteiger partial charge >= 0.3 is 0 Å². The summed E-state index contributed by atoms with van der Waals surface area (Å²) in [5.41, 5.74) is -0.634. The van der Waals surface area contributed by atoms with Crippen molar-refractivity contribution in [2.45, 2.75) is 32.0 Å². The number of rotatable bonds is 8. The molecule has 0 aromatic rings. The van der Waals surface area contributed by atoms with Crippen molar-refractivity contribution in [3.63, 3.8) is 0 Å². The Morgan fingerprint density at radius 2 is 2.07 bits per heavy atom. The molecule has 0 aliphatic carbocycles. The van der Waals surface area contributed by atoms with Crippen molar-refractivity contribution in [3.8, 4) is 0 Å². The highest BCUT2D eigenvalue weighted by Gasteiger charge is 2.17. The first-order valence-electron chi connectivity index (χ1n) is 5.00. The molecule has 0 fully saturated rings. The maximum Gasteiger partial charge on any atom is 0.0928 e. The molecule has 0 heterocycles. The Balaban J connectivity index is 3.60. The molecule has 0 aromatic carbocycles. The average Bonchev–Trinajstić information content (AvgIpc) is 2.16. The Hall–Kier alpha value is -0.160. The van der Waals surface area contributed by atoms with E-state index < -0.39 is 5.60 Å². The van der Waals surface area contributed by atoms with E-state index in [0.29, 0.717) is 19.7 Å². The molecule has 0 saturated heterocycles. The molecule has 2 N–H and O–H groups in total. The van der Waals surface area contributed by atoms with Crippen LogP contribution >= 0.6 is 0 Å². The van der Waals surface area contributed by atoms with Gasteiger partial charge < -0.3 is 19.9 Å². The van der Waals surface area contributed by atoms with E-state index in [4.69, 9.17) is 9.47 Å². The van der Waals surface area contributed by atoms with E-state index in [1.165, 1.54) is 0 Å². The molecule has 0 aliphatic rings. The van der Waals surface area contributed by atoms with Crippen LogP contribution in [0.1, 0.15) is 20.3 Å². The summed E-state index contributed by atoms with van der Waals surface area (Å²) >= 11 is 0. The Morgan fingerprint density at radius 3 is 2.50 bits per heavy atom. The average molecular weight is 205 g/mol. The number of aliphatic hydroxyl groups is 1. The monoisotopic (exact) mass is 205 g/mol. The second-order valence-electron chi connectivity index (χ2n) is 3.79. The highest BCUT2D eigenvalue weighted by Crippen LogP contribution is 2.05. The minimum absolute atomic E-state index is 0.0488. The fourth-order valence-electron chi connectivity index (χ4n) is 1.02. The number of hydrogen-bond donors (Lipinski definition) is 2. The molecule has 0 radical (unpaired) electrons. The van der Waals surface area contributed by atoms with Crippen LogP contribution in [-0.2, 0) is 9.47 Å². The number of nitrogens with one attached hydrogen (secondary N) is 1. The molecule has 86 valence electrons. The van der Waals surface area contributed by atoms with Crippen LogP contribution in [0.2, 0.25) is 0 Å². The van der Waals surface area contributed by atoms with Crippen LogP contribution in [-0.4, -0.2) is 50.7 Å². The van der Waals surface area contributed by atoms with E-state index in [9.17, 15) is 5.11 Å². The SMILES string of the molecule is CCC(C)(O)CNCC(COC)OC. The first kappa shape index (κ1) is 13.8. The lowest BCUT2D eigenvalue weighted by Gasteiger charge is -2.23. The normalized spacial score (nSPS) is 17.8. The third kappa shape index (κ3) is 6.32. The zero-order chi connectivity index (χ0) is 11.0. The van der Waals surface area contributed by atoms with Crippen LogP contribution in [0.5, 0.6) is 0 Å². The zero-order valence-corrected chi connectivity index (χ0v) is 9.67. The Labute approximate surface area is 86.6 Å². The summed E-state index contributed by atoms with van der Waals surface area (Å²) in [6.07, 6.45) is 0.787. The predicted molar refractivity (Wildman–Crippen MR) is 56.5 cm³/mol. The molecular formula is C10H23NO3. The van der Waals surface area contributed by atoms with Gasteiger partial charge in [-0.05, 0) is 13.3 Å². The van der Waals surface area contributed by atoms with Gasteiger partial charge in [-0.25, -0.2) is 0 Å². The lowest BCUT2D eigenvalue weighted by Crippen LogP contribution is -2.41. The second kappa shape index (κ2) is 7.17. The molecule has 4 nitrogen and oxygen atoms in total. The van der Waals surface area contributed by atoms with E-state index >= 15 is 0 Å². The Morgan fingerprint density at radius 1 is 1.43 bits per heavy atom. The van der Waals surface area contributed by atoms with E-state index in [2.05, 4.69) is 5.32 Å². The van der Waals surface area contributed by atoms with Gasteiger partial charge in [0.15, 0.2) is 0 Å². The summed E-state index contributed by atoms with van der Waals surface area (Å²) in [4.78, 5) is 0. The summed E-state index contributed by atoms with van der Waals surface area (Å²) in [7, 11) is 3.30. The van der Waals surface area contributed by atoms with Crippen molar-refractivity contribution in [2.24, 2.45) is 0 Å². The van der Waals surface area contributed by atoms with Crippen molar-refractivity contribution in [1.29, 1.82) is 0 Å². The zero-order valence-electron chi connectivity index (χ0n) is 9.67. The van der Waals surface area contributed by atoms with E-state index in [0.717, 1.165) is 6.42 Å². The van der Waals surface area contributed by atoms with Crippen LogP contribution in [0, 0.1) is 0 Å². The van der Waals surface area contributed by atoms with Gasteiger partial charge in [-0.3, -0.25) is 0 Å². The van der Waals surface area contributed by atoms with Gasteiger partial charge in [0.25, 0.3) is 0 Å². The highest BCUT2D eigenvalue weighted by molar-refractivity contribution is 4.74. The molecule has 2 unspecified atom stereocenters. The Bertz CT molecular complexity index is 139. The molecule has 0 saturated carbocycles. The summed E-state index contributed by atoms with van der Waals surface area (Å²) in [5, 5.41) is 12.9. The minimum atomic E-state index is -0.634. The third-order valence-corrected chi connectivity index (χ3v) is 2.33. The van der Waals surface area contributed by atoms with Gasteiger partial charge in [-0.15, -0.1) is 0 Å². The first-order valence-corrected chi connectivity index (χ1v) is 5.00. The number of methoxy groups -OCH3 is 2. The van der Waals surface area contributed by atoms with E-state index in [1.807, 2.05) is 13.8 Å². The lowest BCUT2D eigenvalue weighted by molar-refractivity contribution is 0.0184. The standard InChI is InChI=1S/C10H23NO3/c1-5-10(2,12)8-11-6-9(14-4)7-13-3/h9,11-12H,5-8H2,1-4H3. The maximum absolute atomic E-state index is 9.70. The first-order chi connectivity index (χ1) is 6.55. The van der Waals surface area contributed by atoms with Crippen LogP contribution in [0.3, 0.4) is 0 Å². The van der Waals surface area contributed by atoms with Crippen molar-refractivity contribution in [1.82, 2.24) is 5.32 Å². The van der Waals surface area contributed by atoms with Crippen LogP contribution in [0.15, 0.2) is 0 Å². The van der Waals surface area contributed by atoms with Crippen LogP contribution in [0.25, 0.3) is 0 Å². The predicted octanol–water partition coefficient (Wildman–Crippen LogP) is 0.398. The second-order valence-corrected chi connectivity index (χ2v) is 3.79. The topological polar surface area (TPSA) is 50.7 Å². The van der Waals surface area contributed by atoms with Gasteiger partial charge in [0, 0.05) is 27.3 Å². The fraction of sp³-hybridized carbons (Fsp3) is 1.00. The number of ether oxygens (including phenoxy) is 2. The molecule has 4 heteroatoms. The summed E-state index contributed by atoms with van der Waals surface area (Å²) in [6.45, 7) is 5.62. The van der Waals surface area contributed by atoms with Crippen molar-refractivity contribution in [3.05, 3.63) is 0 Å². The van der Waals surface area contributed by atoms with E-state index in [1.54, 1.807) is 14.2 Å². The van der Waals surface area contributed by atoms with E-state index in [-0.39, 0.29) is 6.10 Å². The fourth-order valence-corrected chi connectivity index (χ4v) is 1.02. The third-order valence-electron chi connectivity index (χ3n) is 2.33. The van der Waals surface area contributed by atoms with Gasteiger partial charge in [0.1, 0.15) is 0 Å². The smallest absolute Gasteiger partial charge is 0.0928 e. The molecule has 0 rings (SSSR count). The van der Waals surface area contributed by atoms with Crippen LogP contribution < -0.4 is 5.32 Å². The Kier molecular flexibility index (Phi) is 7.09. The quantitative estimate of drug-likeness (QED) is 0.602. The van der Waals surface area contributed by atoms with Gasteiger partial charge in [0.2, 0.25) is 0 Å². The molecule has 0 spiro atoms. The van der Waals surface area contributed by atoms with Gasteiger partial charge in [-0.1, -0.05) is 6.92 Å². The number of hydrogen-bond acceptors (Lipinski definition) is 4.